The Hall–Kier alpha value is -2.34. The number of rotatable bonds is 8. The lowest BCUT2D eigenvalue weighted by Crippen LogP contribution is -2.42. The maximum absolute atomic E-state index is 5.48. The second kappa shape index (κ2) is 10.1. The van der Waals surface area contributed by atoms with E-state index in [0.717, 1.165) is 33.6 Å². The molecular weight excluding hydrogens is 338 g/mol. The Bertz CT molecular complexity index is 707. The zero-order chi connectivity index (χ0) is 19.8. The number of hydrogen-bond acceptors (Lipinski definition) is 5. The summed E-state index contributed by atoms with van der Waals surface area (Å²) in [5, 5.41) is 3.23. The van der Waals surface area contributed by atoms with Gasteiger partial charge < -0.3 is 9.47 Å². The maximum atomic E-state index is 5.48. The molecule has 5 heteroatoms. The number of hydrogen-bond donors (Lipinski definition) is 1. The second-order valence-corrected chi connectivity index (χ2v) is 6.52. The first-order valence-electron chi connectivity index (χ1n) is 8.98. The summed E-state index contributed by atoms with van der Waals surface area (Å²) in [6.45, 7) is 8.18. The van der Waals surface area contributed by atoms with Crippen LogP contribution in [-0.4, -0.2) is 39.1 Å². The van der Waals surface area contributed by atoms with Crippen molar-refractivity contribution in [3.8, 4) is 0 Å². The van der Waals surface area contributed by atoms with Crippen molar-refractivity contribution in [1.29, 1.82) is 0 Å². The zero-order valence-electron chi connectivity index (χ0n) is 17.0. The number of aryl methyl sites for hydroxylation is 4. The minimum atomic E-state index is -0.404. The first-order chi connectivity index (χ1) is 13.0. The lowest BCUT2D eigenvalue weighted by Gasteiger charge is -2.18. The van der Waals surface area contributed by atoms with Gasteiger partial charge in [0.2, 0.25) is 0 Å². The predicted octanol–water partition coefficient (Wildman–Crippen LogP) is 4.56. The number of ether oxygens (including phenoxy) is 2. The van der Waals surface area contributed by atoms with Gasteiger partial charge in [-0.15, -0.1) is 0 Å². The van der Waals surface area contributed by atoms with E-state index in [2.05, 4.69) is 15.3 Å². The van der Waals surface area contributed by atoms with Crippen molar-refractivity contribution in [1.82, 2.24) is 5.32 Å². The average Bonchev–Trinajstić information content (AvgIpc) is 2.64. The van der Waals surface area contributed by atoms with E-state index in [1.165, 1.54) is 0 Å². The van der Waals surface area contributed by atoms with Crippen LogP contribution in [0.4, 0.5) is 11.4 Å². The molecule has 0 radical (unpaired) electrons. The van der Waals surface area contributed by atoms with Crippen molar-refractivity contribution in [3.05, 3.63) is 58.7 Å². The van der Waals surface area contributed by atoms with Crippen LogP contribution in [0.15, 0.2) is 46.4 Å². The van der Waals surface area contributed by atoms with Gasteiger partial charge in [0.25, 0.3) is 0 Å². The summed E-state index contributed by atoms with van der Waals surface area (Å²) in [4.78, 5) is 9.20. The molecular formula is C22H29N3O2. The van der Waals surface area contributed by atoms with Crippen molar-refractivity contribution >= 4 is 23.8 Å². The number of para-hydroxylation sites is 2. The molecule has 0 saturated carbocycles. The standard InChI is InChI=1S/C22H29N3O2/c1-15-9-7-10-16(2)21(15)23-13-19(26-5)25-20(27-6)14-24-22-17(3)11-8-12-18(22)4/h7-14,19-20,25H,1-6H3. The van der Waals surface area contributed by atoms with Crippen LogP contribution in [0.2, 0.25) is 0 Å². The Balaban J connectivity index is 2.11. The lowest BCUT2D eigenvalue weighted by molar-refractivity contribution is 0.0566. The Morgan fingerprint density at radius 1 is 0.704 bits per heavy atom. The first kappa shape index (κ1) is 21.0. The Morgan fingerprint density at radius 3 is 1.33 bits per heavy atom. The average molecular weight is 367 g/mol. The van der Waals surface area contributed by atoms with Crippen molar-refractivity contribution < 1.29 is 9.47 Å². The van der Waals surface area contributed by atoms with E-state index in [9.17, 15) is 0 Å². The summed E-state index contributed by atoms with van der Waals surface area (Å²) in [6, 6.07) is 12.2. The lowest BCUT2D eigenvalue weighted by atomic mass is 10.1. The molecule has 0 bridgehead atoms. The molecule has 0 aromatic heterocycles. The highest BCUT2D eigenvalue weighted by Crippen LogP contribution is 2.23. The van der Waals surface area contributed by atoms with Crippen LogP contribution in [0.1, 0.15) is 22.3 Å². The second-order valence-electron chi connectivity index (χ2n) is 6.52. The molecule has 0 heterocycles. The molecule has 0 saturated heterocycles. The number of methoxy groups -OCH3 is 2. The number of nitrogens with zero attached hydrogens (tertiary/aromatic N) is 2. The fourth-order valence-corrected chi connectivity index (χ4v) is 2.81. The van der Waals surface area contributed by atoms with Crippen LogP contribution in [0.3, 0.4) is 0 Å². The SMILES string of the molecule is COC(C=Nc1c(C)cccc1C)NC(C=Nc1c(C)cccc1C)OC. The Morgan fingerprint density at radius 2 is 1.04 bits per heavy atom. The van der Waals surface area contributed by atoms with Crippen molar-refractivity contribution in [2.45, 2.75) is 40.2 Å². The summed E-state index contributed by atoms with van der Waals surface area (Å²) in [7, 11) is 3.26. The van der Waals surface area contributed by atoms with E-state index in [1.807, 2.05) is 64.1 Å². The summed E-state index contributed by atoms with van der Waals surface area (Å²) >= 11 is 0. The Labute approximate surface area is 162 Å². The molecule has 2 atom stereocenters. The van der Waals surface area contributed by atoms with Crippen molar-refractivity contribution in [3.63, 3.8) is 0 Å². The van der Waals surface area contributed by atoms with Crippen LogP contribution in [-0.2, 0) is 9.47 Å². The van der Waals surface area contributed by atoms with E-state index in [1.54, 1.807) is 26.6 Å². The van der Waals surface area contributed by atoms with Gasteiger partial charge in [-0.3, -0.25) is 15.3 Å². The summed E-state index contributed by atoms with van der Waals surface area (Å²) in [6.07, 6.45) is 2.68. The first-order valence-corrected chi connectivity index (χ1v) is 8.98. The van der Waals surface area contributed by atoms with Crippen LogP contribution in [0.5, 0.6) is 0 Å². The molecule has 27 heavy (non-hydrogen) atoms. The fourth-order valence-electron chi connectivity index (χ4n) is 2.81. The summed E-state index contributed by atoms with van der Waals surface area (Å²) in [5.74, 6) is 0. The van der Waals surface area contributed by atoms with Crippen LogP contribution < -0.4 is 5.32 Å². The van der Waals surface area contributed by atoms with E-state index < -0.39 is 12.5 Å². The van der Waals surface area contributed by atoms with Gasteiger partial charge in [-0.2, -0.15) is 0 Å². The van der Waals surface area contributed by atoms with Gasteiger partial charge in [-0.1, -0.05) is 36.4 Å². The third kappa shape index (κ3) is 5.82. The molecule has 0 aliphatic heterocycles. The monoisotopic (exact) mass is 367 g/mol. The van der Waals surface area contributed by atoms with Crippen LogP contribution in [0.25, 0.3) is 0 Å². The highest BCUT2D eigenvalue weighted by atomic mass is 16.5. The molecule has 0 aliphatic rings. The quantitative estimate of drug-likeness (QED) is 0.550. The van der Waals surface area contributed by atoms with Gasteiger partial charge in [0, 0.05) is 26.6 Å². The summed E-state index contributed by atoms with van der Waals surface area (Å²) in [5.41, 5.74) is 6.42. The van der Waals surface area contributed by atoms with Gasteiger partial charge in [-0.25, -0.2) is 0 Å². The van der Waals surface area contributed by atoms with Gasteiger partial charge in [0.15, 0.2) is 0 Å². The number of aliphatic imine (C=N–C) groups is 2. The Kier molecular flexibility index (Phi) is 7.85. The van der Waals surface area contributed by atoms with Gasteiger partial charge >= 0.3 is 0 Å². The summed E-state index contributed by atoms with van der Waals surface area (Å²) < 4.78 is 11.0. The third-order valence-electron chi connectivity index (χ3n) is 4.39. The molecule has 144 valence electrons. The van der Waals surface area contributed by atoms with Crippen molar-refractivity contribution in [2.75, 3.05) is 14.2 Å². The molecule has 2 unspecified atom stereocenters. The molecule has 0 spiro atoms. The van der Waals surface area contributed by atoms with Crippen molar-refractivity contribution in [2.24, 2.45) is 9.98 Å². The molecule has 0 amide bonds. The smallest absolute Gasteiger partial charge is 0.146 e. The van der Waals surface area contributed by atoms with Gasteiger partial charge in [-0.05, 0) is 49.9 Å². The van der Waals surface area contributed by atoms with Crippen LogP contribution >= 0.6 is 0 Å². The van der Waals surface area contributed by atoms with E-state index in [4.69, 9.17) is 9.47 Å². The predicted molar refractivity (Wildman–Crippen MR) is 113 cm³/mol. The molecule has 0 aliphatic carbocycles. The molecule has 0 fully saturated rings. The number of benzene rings is 2. The minimum absolute atomic E-state index is 0.404. The zero-order valence-corrected chi connectivity index (χ0v) is 17.0. The topological polar surface area (TPSA) is 55.2 Å². The molecule has 5 nitrogen and oxygen atoms in total. The van der Waals surface area contributed by atoms with Gasteiger partial charge in [0.05, 0.1) is 11.4 Å². The largest absolute Gasteiger partial charge is 0.361 e. The molecule has 2 aromatic carbocycles. The van der Waals surface area contributed by atoms with E-state index >= 15 is 0 Å². The van der Waals surface area contributed by atoms with Gasteiger partial charge in [0.1, 0.15) is 12.5 Å². The molecule has 1 N–H and O–H groups in total. The molecule has 2 rings (SSSR count). The molecule has 2 aromatic rings. The highest BCUT2D eigenvalue weighted by molar-refractivity contribution is 5.73. The van der Waals surface area contributed by atoms with E-state index in [-0.39, 0.29) is 0 Å². The van der Waals surface area contributed by atoms with E-state index in [0.29, 0.717) is 0 Å². The fraction of sp³-hybridized carbons (Fsp3) is 0.364. The highest BCUT2D eigenvalue weighted by Gasteiger charge is 2.11. The third-order valence-corrected chi connectivity index (χ3v) is 4.39. The minimum Gasteiger partial charge on any atom is -0.361 e. The maximum Gasteiger partial charge on any atom is 0.146 e. The normalized spacial score (nSPS) is 14.1. The number of nitrogens with one attached hydrogen (secondary N) is 1. The van der Waals surface area contributed by atoms with Crippen LogP contribution in [0, 0.1) is 27.7 Å².